The summed E-state index contributed by atoms with van der Waals surface area (Å²) in [5.74, 6) is 0. The third kappa shape index (κ3) is 2.93. The van der Waals surface area contributed by atoms with Crippen molar-refractivity contribution < 1.29 is 4.79 Å². The number of hydrogen-bond donors (Lipinski definition) is 2. The highest BCUT2D eigenvalue weighted by molar-refractivity contribution is 6.06. The highest BCUT2D eigenvalue weighted by atomic mass is 16.2. The van der Waals surface area contributed by atoms with Gasteiger partial charge in [-0.15, -0.1) is 0 Å². The Morgan fingerprint density at radius 2 is 1.55 bits per heavy atom. The Kier molecular flexibility index (Phi) is 3.79. The molecule has 0 aliphatic heterocycles. The van der Waals surface area contributed by atoms with Crippen molar-refractivity contribution in [1.82, 2.24) is 0 Å². The molecule has 22 heavy (non-hydrogen) atoms. The minimum atomic E-state index is -0.233. The van der Waals surface area contributed by atoms with E-state index in [1.165, 1.54) is 5.56 Å². The molecule has 0 heterocycles. The van der Waals surface area contributed by atoms with Gasteiger partial charge in [0.05, 0.1) is 5.69 Å². The maximum absolute atomic E-state index is 12.2. The van der Waals surface area contributed by atoms with E-state index in [1.54, 1.807) is 0 Å². The standard InChI is InChI=1S/C19H18N2O/c1-13-10-11-17(14(2)12-13)20-19(22)21-18-9-5-7-15-6-3-4-8-16(15)18/h3-12H,1-2H3,(H2,20,21,22). The lowest BCUT2D eigenvalue weighted by Crippen LogP contribution is -2.20. The Balaban J connectivity index is 1.81. The van der Waals surface area contributed by atoms with Crippen LogP contribution in [0.25, 0.3) is 10.8 Å². The number of benzene rings is 3. The SMILES string of the molecule is Cc1ccc(NC(=O)Nc2cccc3ccccc23)c(C)c1. The fraction of sp³-hybridized carbons (Fsp3) is 0.105. The number of aryl methyl sites for hydroxylation is 2. The second-order valence-corrected chi connectivity index (χ2v) is 5.42. The van der Waals surface area contributed by atoms with E-state index in [1.807, 2.05) is 74.5 Å². The zero-order chi connectivity index (χ0) is 15.5. The van der Waals surface area contributed by atoms with E-state index >= 15 is 0 Å². The van der Waals surface area contributed by atoms with Crippen LogP contribution in [-0.2, 0) is 0 Å². The first-order chi connectivity index (χ1) is 10.6. The minimum absolute atomic E-state index is 0.233. The third-order valence-corrected chi connectivity index (χ3v) is 3.67. The van der Waals surface area contributed by atoms with Crippen LogP contribution in [0.5, 0.6) is 0 Å². The van der Waals surface area contributed by atoms with Crippen molar-refractivity contribution in [3.63, 3.8) is 0 Å². The molecule has 0 saturated carbocycles. The molecule has 3 aromatic carbocycles. The Morgan fingerprint density at radius 3 is 2.36 bits per heavy atom. The van der Waals surface area contributed by atoms with E-state index < -0.39 is 0 Å². The zero-order valence-electron chi connectivity index (χ0n) is 12.7. The summed E-state index contributed by atoms with van der Waals surface area (Å²) in [6.45, 7) is 4.02. The summed E-state index contributed by atoms with van der Waals surface area (Å²) in [6.07, 6.45) is 0. The third-order valence-electron chi connectivity index (χ3n) is 3.67. The first kappa shape index (κ1) is 14.1. The molecule has 0 aromatic heterocycles. The Bertz CT molecular complexity index is 834. The first-order valence-corrected chi connectivity index (χ1v) is 7.26. The molecule has 0 atom stereocenters. The van der Waals surface area contributed by atoms with E-state index in [4.69, 9.17) is 0 Å². The van der Waals surface area contributed by atoms with Gasteiger partial charge in [0.15, 0.2) is 0 Å². The molecule has 0 aliphatic rings. The van der Waals surface area contributed by atoms with Crippen LogP contribution >= 0.6 is 0 Å². The molecular weight excluding hydrogens is 272 g/mol. The van der Waals surface area contributed by atoms with Crippen molar-refractivity contribution in [2.75, 3.05) is 10.6 Å². The number of carbonyl (C=O) groups is 1. The average Bonchev–Trinajstić information content (AvgIpc) is 2.50. The summed E-state index contributed by atoms with van der Waals surface area (Å²) in [4.78, 5) is 12.2. The Labute approximate surface area is 130 Å². The van der Waals surface area contributed by atoms with Gasteiger partial charge in [0, 0.05) is 11.1 Å². The zero-order valence-corrected chi connectivity index (χ0v) is 12.7. The Hall–Kier alpha value is -2.81. The number of hydrogen-bond acceptors (Lipinski definition) is 1. The fourth-order valence-corrected chi connectivity index (χ4v) is 2.56. The number of rotatable bonds is 2. The van der Waals surface area contributed by atoms with E-state index in [0.29, 0.717) is 0 Å². The second-order valence-electron chi connectivity index (χ2n) is 5.42. The van der Waals surface area contributed by atoms with Gasteiger partial charge in [-0.05, 0) is 36.9 Å². The van der Waals surface area contributed by atoms with Crippen molar-refractivity contribution in [3.8, 4) is 0 Å². The van der Waals surface area contributed by atoms with Crippen molar-refractivity contribution in [1.29, 1.82) is 0 Å². The summed E-state index contributed by atoms with van der Waals surface area (Å²) < 4.78 is 0. The highest BCUT2D eigenvalue weighted by Gasteiger charge is 2.07. The maximum atomic E-state index is 12.2. The molecule has 3 nitrogen and oxygen atoms in total. The average molecular weight is 290 g/mol. The number of urea groups is 1. The second kappa shape index (κ2) is 5.90. The molecular formula is C19H18N2O. The molecule has 110 valence electrons. The summed E-state index contributed by atoms with van der Waals surface area (Å²) in [5, 5.41) is 7.96. The predicted octanol–water partition coefficient (Wildman–Crippen LogP) is 5.10. The molecule has 3 rings (SSSR count). The van der Waals surface area contributed by atoms with Gasteiger partial charge in [0.2, 0.25) is 0 Å². The van der Waals surface area contributed by atoms with Crippen LogP contribution in [0, 0.1) is 13.8 Å². The fourth-order valence-electron chi connectivity index (χ4n) is 2.56. The maximum Gasteiger partial charge on any atom is 0.323 e. The summed E-state index contributed by atoms with van der Waals surface area (Å²) >= 11 is 0. The molecule has 2 amide bonds. The highest BCUT2D eigenvalue weighted by Crippen LogP contribution is 2.23. The lowest BCUT2D eigenvalue weighted by molar-refractivity contribution is 0.262. The largest absolute Gasteiger partial charge is 0.323 e. The summed E-state index contributed by atoms with van der Waals surface area (Å²) in [5.41, 5.74) is 3.86. The number of fused-ring (bicyclic) bond motifs is 1. The van der Waals surface area contributed by atoms with Crippen LogP contribution in [0.2, 0.25) is 0 Å². The van der Waals surface area contributed by atoms with Crippen LogP contribution in [0.3, 0.4) is 0 Å². The minimum Gasteiger partial charge on any atom is -0.307 e. The van der Waals surface area contributed by atoms with Gasteiger partial charge in [0.25, 0.3) is 0 Å². The van der Waals surface area contributed by atoms with E-state index in [9.17, 15) is 4.79 Å². The van der Waals surface area contributed by atoms with Gasteiger partial charge >= 0.3 is 6.03 Å². The molecule has 0 unspecified atom stereocenters. The number of carbonyl (C=O) groups excluding carboxylic acids is 1. The first-order valence-electron chi connectivity index (χ1n) is 7.26. The van der Waals surface area contributed by atoms with E-state index in [2.05, 4.69) is 10.6 Å². The van der Waals surface area contributed by atoms with E-state index in [0.717, 1.165) is 27.7 Å². The normalized spacial score (nSPS) is 10.5. The van der Waals surface area contributed by atoms with E-state index in [-0.39, 0.29) is 6.03 Å². The van der Waals surface area contributed by atoms with Crippen LogP contribution in [-0.4, -0.2) is 6.03 Å². The molecule has 3 aromatic rings. The molecule has 2 N–H and O–H groups in total. The van der Waals surface area contributed by atoms with Crippen molar-refractivity contribution in [2.24, 2.45) is 0 Å². The topological polar surface area (TPSA) is 41.1 Å². The van der Waals surface area contributed by atoms with Gasteiger partial charge in [0.1, 0.15) is 0 Å². The molecule has 3 heteroatoms. The lowest BCUT2D eigenvalue weighted by atomic mass is 10.1. The van der Waals surface area contributed by atoms with Gasteiger partial charge in [-0.3, -0.25) is 0 Å². The molecule has 0 fully saturated rings. The Morgan fingerprint density at radius 1 is 0.818 bits per heavy atom. The molecule has 0 radical (unpaired) electrons. The van der Waals surface area contributed by atoms with Gasteiger partial charge in [-0.1, -0.05) is 54.1 Å². The van der Waals surface area contributed by atoms with Crippen LogP contribution in [0.4, 0.5) is 16.2 Å². The molecule has 0 bridgehead atoms. The number of amides is 2. The molecule has 0 saturated heterocycles. The molecule has 0 spiro atoms. The quantitative estimate of drug-likeness (QED) is 0.677. The lowest BCUT2D eigenvalue weighted by Gasteiger charge is -2.12. The van der Waals surface area contributed by atoms with Crippen molar-refractivity contribution in [2.45, 2.75) is 13.8 Å². The number of anilines is 2. The van der Waals surface area contributed by atoms with Crippen molar-refractivity contribution in [3.05, 3.63) is 71.8 Å². The monoisotopic (exact) mass is 290 g/mol. The summed E-state index contributed by atoms with van der Waals surface area (Å²) in [7, 11) is 0. The van der Waals surface area contributed by atoms with Gasteiger partial charge in [-0.2, -0.15) is 0 Å². The van der Waals surface area contributed by atoms with Gasteiger partial charge < -0.3 is 10.6 Å². The van der Waals surface area contributed by atoms with Crippen LogP contribution < -0.4 is 10.6 Å². The summed E-state index contributed by atoms with van der Waals surface area (Å²) in [6, 6.07) is 19.6. The van der Waals surface area contributed by atoms with Gasteiger partial charge in [-0.25, -0.2) is 4.79 Å². The molecule has 0 aliphatic carbocycles. The van der Waals surface area contributed by atoms with Crippen LogP contribution in [0.1, 0.15) is 11.1 Å². The van der Waals surface area contributed by atoms with Crippen molar-refractivity contribution >= 4 is 28.2 Å². The van der Waals surface area contributed by atoms with Crippen LogP contribution in [0.15, 0.2) is 60.7 Å². The number of nitrogens with one attached hydrogen (secondary N) is 2. The smallest absolute Gasteiger partial charge is 0.307 e. The predicted molar refractivity (Wildman–Crippen MR) is 92.5 cm³/mol.